The minimum Gasteiger partial charge on any atom is -0.342 e. The number of hydrogen-bond acceptors (Lipinski definition) is 2. The number of nitrogens with zero attached hydrogens (tertiary/aromatic N) is 1. The molecule has 0 spiro atoms. The lowest BCUT2D eigenvalue weighted by Crippen LogP contribution is -2.65. The van der Waals surface area contributed by atoms with Gasteiger partial charge in [0.15, 0.2) is 11.6 Å². The smallest absolute Gasteiger partial charge is 0.250 e. The zero-order valence-electron chi connectivity index (χ0n) is 12.2. The summed E-state index contributed by atoms with van der Waals surface area (Å²) < 4.78 is 26.5. The van der Waals surface area contributed by atoms with Crippen LogP contribution in [0, 0.1) is 17.6 Å². The van der Waals surface area contributed by atoms with Crippen LogP contribution in [-0.4, -0.2) is 23.9 Å². The number of rotatable bonds is 3. The normalized spacial score (nSPS) is 22.7. The maximum Gasteiger partial charge on any atom is 0.250 e. The van der Waals surface area contributed by atoms with E-state index in [4.69, 9.17) is 0 Å². The fourth-order valence-corrected chi connectivity index (χ4v) is 2.54. The van der Waals surface area contributed by atoms with Crippen LogP contribution in [0.25, 0.3) is 0 Å². The van der Waals surface area contributed by atoms with Crippen molar-refractivity contribution in [3.05, 3.63) is 29.8 Å². The van der Waals surface area contributed by atoms with Crippen molar-refractivity contribution in [1.29, 1.82) is 0 Å². The molecule has 1 aromatic rings. The quantitative estimate of drug-likeness (QED) is 0.930. The summed E-state index contributed by atoms with van der Waals surface area (Å²) in [6.07, 6.45) is 0.440. The Morgan fingerprint density at radius 1 is 1.24 bits per heavy atom. The Morgan fingerprint density at radius 2 is 1.90 bits per heavy atom. The van der Waals surface area contributed by atoms with Crippen molar-refractivity contribution in [1.82, 2.24) is 5.32 Å². The van der Waals surface area contributed by atoms with Crippen molar-refractivity contribution in [2.45, 2.75) is 39.3 Å². The van der Waals surface area contributed by atoms with Crippen LogP contribution in [0.4, 0.5) is 14.5 Å². The Morgan fingerprint density at radius 3 is 2.43 bits per heavy atom. The Hall–Kier alpha value is -1.98. The van der Waals surface area contributed by atoms with Gasteiger partial charge in [-0.2, -0.15) is 0 Å². The molecule has 0 bridgehead atoms. The summed E-state index contributed by atoms with van der Waals surface area (Å²) >= 11 is 0. The molecule has 0 saturated carbocycles. The molecule has 21 heavy (non-hydrogen) atoms. The van der Waals surface area contributed by atoms with Crippen LogP contribution in [0.3, 0.4) is 0 Å². The maximum absolute atomic E-state index is 13.5. The summed E-state index contributed by atoms with van der Waals surface area (Å²) in [4.78, 5) is 26.0. The molecule has 2 rings (SSSR count). The monoisotopic (exact) mass is 296 g/mol. The summed E-state index contributed by atoms with van der Waals surface area (Å²) in [7, 11) is 0. The topological polar surface area (TPSA) is 49.4 Å². The Kier molecular flexibility index (Phi) is 4.25. The van der Waals surface area contributed by atoms with Gasteiger partial charge in [-0.25, -0.2) is 8.78 Å². The Labute approximate surface area is 122 Å². The molecular weight excluding hydrogens is 278 g/mol. The third-order valence-electron chi connectivity index (χ3n) is 3.62. The number of nitrogens with one attached hydrogen (secondary N) is 1. The summed E-state index contributed by atoms with van der Waals surface area (Å²) in [5, 5.41) is 2.68. The van der Waals surface area contributed by atoms with Gasteiger partial charge in [0.1, 0.15) is 12.1 Å². The highest BCUT2D eigenvalue weighted by Gasteiger charge is 2.42. The van der Waals surface area contributed by atoms with Gasteiger partial charge in [0.25, 0.3) is 0 Å². The highest BCUT2D eigenvalue weighted by molar-refractivity contribution is 6.08. The molecular formula is C15H18F2N2O2. The van der Waals surface area contributed by atoms with E-state index in [0.29, 0.717) is 6.42 Å². The van der Waals surface area contributed by atoms with Crippen LogP contribution in [0.1, 0.15) is 27.2 Å². The molecule has 114 valence electrons. The van der Waals surface area contributed by atoms with Gasteiger partial charge in [-0.15, -0.1) is 0 Å². The van der Waals surface area contributed by atoms with E-state index in [1.54, 1.807) is 20.8 Å². The average Bonchev–Trinajstić information content (AvgIpc) is 2.43. The molecule has 1 aliphatic heterocycles. The summed E-state index contributed by atoms with van der Waals surface area (Å²) in [6, 6.07) is 1.86. The molecule has 0 aromatic heterocycles. The van der Waals surface area contributed by atoms with Gasteiger partial charge in [-0.05, 0) is 24.5 Å². The van der Waals surface area contributed by atoms with Crippen LogP contribution in [0.15, 0.2) is 18.2 Å². The number of amides is 2. The van der Waals surface area contributed by atoms with Crippen LogP contribution in [-0.2, 0) is 9.59 Å². The Bertz CT molecular complexity index is 575. The third kappa shape index (κ3) is 2.75. The van der Waals surface area contributed by atoms with Crippen LogP contribution in [0.2, 0.25) is 0 Å². The first-order valence-corrected chi connectivity index (χ1v) is 6.95. The first-order valence-electron chi connectivity index (χ1n) is 6.95. The molecule has 1 saturated heterocycles. The lowest BCUT2D eigenvalue weighted by molar-refractivity contribution is -0.134. The molecule has 1 fully saturated rings. The molecule has 4 nitrogen and oxygen atoms in total. The van der Waals surface area contributed by atoms with Crippen molar-refractivity contribution in [2.24, 2.45) is 5.92 Å². The van der Waals surface area contributed by atoms with Crippen LogP contribution >= 0.6 is 0 Å². The number of carbonyl (C=O) groups is 2. The standard InChI is InChI=1S/C15H18F2N2O2/c1-4-12-15(21)19(13(8(2)3)14(20)18-12)9-5-6-10(16)11(17)7-9/h5-8,12-13H,4H2,1-3H3,(H,18,20). The highest BCUT2D eigenvalue weighted by Crippen LogP contribution is 2.27. The van der Waals surface area contributed by atoms with E-state index >= 15 is 0 Å². The molecule has 2 unspecified atom stereocenters. The minimum absolute atomic E-state index is 0.153. The third-order valence-corrected chi connectivity index (χ3v) is 3.62. The molecule has 1 N–H and O–H groups in total. The van der Waals surface area contributed by atoms with Gasteiger partial charge in [-0.3, -0.25) is 14.5 Å². The largest absolute Gasteiger partial charge is 0.342 e. The van der Waals surface area contributed by atoms with Gasteiger partial charge >= 0.3 is 0 Å². The molecule has 0 aliphatic carbocycles. The molecule has 6 heteroatoms. The minimum atomic E-state index is -1.04. The molecule has 1 aliphatic rings. The van der Waals surface area contributed by atoms with Crippen molar-refractivity contribution < 1.29 is 18.4 Å². The second kappa shape index (κ2) is 5.79. The summed E-state index contributed by atoms with van der Waals surface area (Å²) in [5.41, 5.74) is 0.200. The predicted octanol–water partition coefficient (Wildman–Crippen LogP) is 2.23. The zero-order chi connectivity index (χ0) is 15.7. The van der Waals surface area contributed by atoms with E-state index in [2.05, 4.69) is 5.32 Å². The van der Waals surface area contributed by atoms with Crippen molar-refractivity contribution in [3.63, 3.8) is 0 Å². The number of anilines is 1. The first kappa shape index (κ1) is 15.4. The van der Waals surface area contributed by atoms with Gasteiger partial charge < -0.3 is 5.32 Å². The van der Waals surface area contributed by atoms with Gasteiger partial charge in [0.05, 0.1) is 0 Å². The fourth-order valence-electron chi connectivity index (χ4n) is 2.54. The number of carbonyl (C=O) groups excluding carboxylic acids is 2. The molecule has 2 atom stereocenters. The number of halogens is 2. The number of piperazine rings is 1. The lowest BCUT2D eigenvalue weighted by Gasteiger charge is -2.40. The molecule has 0 radical (unpaired) electrons. The van der Waals surface area contributed by atoms with Crippen LogP contribution < -0.4 is 10.2 Å². The Balaban J connectivity index is 2.49. The highest BCUT2D eigenvalue weighted by atomic mass is 19.2. The van der Waals surface area contributed by atoms with E-state index in [9.17, 15) is 18.4 Å². The van der Waals surface area contributed by atoms with Gasteiger partial charge in [-0.1, -0.05) is 20.8 Å². The number of benzene rings is 1. The molecule has 2 amide bonds. The van der Waals surface area contributed by atoms with E-state index in [1.165, 1.54) is 11.0 Å². The van der Waals surface area contributed by atoms with E-state index in [1.807, 2.05) is 0 Å². The van der Waals surface area contributed by atoms with Crippen molar-refractivity contribution in [3.8, 4) is 0 Å². The fraction of sp³-hybridized carbons (Fsp3) is 0.467. The molecule has 1 aromatic carbocycles. The lowest BCUT2D eigenvalue weighted by atomic mass is 9.95. The maximum atomic E-state index is 13.5. The van der Waals surface area contributed by atoms with Crippen molar-refractivity contribution in [2.75, 3.05) is 4.90 Å². The second-order valence-electron chi connectivity index (χ2n) is 5.46. The summed E-state index contributed by atoms with van der Waals surface area (Å²) in [5.74, 6) is -2.76. The van der Waals surface area contributed by atoms with Gasteiger partial charge in [0.2, 0.25) is 11.8 Å². The van der Waals surface area contributed by atoms with Gasteiger partial charge in [0, 0.05) is 11.8 Å². The van der Waals surface area contributed by atoms with E-state index in [0.717, 1.165) is 12.1 Å². The summed E-state index contributed by atoms with van der Waals surface area (Å²) in [6.45, 7) is 5.38. The van der Waals surface area contributed by atoms with Crippen molar-refractivity contribution >= 4 is 17.5 Å². The molecule has 1 heterocycles. The average molecular weight is 296 g/mol. The predicted molar refractivity (Wildman–Crippen MR) is 74.7 cm³/mol. The number of hydrogen-bond donors (Lipinski definition) is 1. The second-order valence-corrected chi connectivity index (χ2v) is 5.46. The first-order chi connectivity index (χ1) is 9.86. The van der Waals surface area contributed by atoms with E-state index in [-0.39, 0.29) is 23.4 Å². The zero-order valence-corrected chi connectivity index (χ0v) is 12.2. The van der Waals surface area contributed by atoms with E-state index < -0.39 is 23.7 Å². The SMILES string of the molecule is CCC1NC(=O)C(C(C)C)N(c2ccc(F)c(F)c2)C1=O. The van der Waals surface area contributed by atoms with Crippen LogP contribution in [0.5, 0.6) is 0 Å².